The molecule has 2 aromatic carbocycles. The average molecular weight is 424 g/mol. The van der Waals surface area contributed by atoms with E-state index in [4.69, 9.17) is 9.47 Å². The number of carbonyl (C=O) groups excluding carboxylic acids is 1. The predicted molar refractivity (Wildman–Crippen MR) is 108 cm³/mol. The number of methoxy groups -OCH3 is 2. The molecule has 0 radical (unpaired) electrons. The van der Waals surface area contributed by atoms with Crippen LogP contribution < -0.4 is 19.1 Å². The van der Waals surface area contributed by atoms with Crippen LogP contribution in [-0.2, 0) is 14.8 Å². The monoisotopic (exact) mass is 424 g/mol. The molecule has 0 saturated carbocycles. The summed E-state index contributed by atoms with van der Waals surface area (Å²) < 4.78 is 51.3. The lowest BCUT2D eigenvalue weighted by atomic mass is 10.2. The minimum absolute atomic E-state index is 0.0872. The molecular weight excluding hydrogens is 399 g/mol. The molecular formula is C20H25FN2O5S. The van der Waals surface area contributed by atoms with Crippen molar-refractivity contribution in [1.82, 2.24) is 5.32 Å². The topological polar surface area (TPSA) is 84.9 Å². The van der Waals surface area contributed by atoms with Gasteiger partial charge in [0.25, 0.3) is 10.0 Å². The van der Waals surface area contributed by atoms with Crippen molar-refractivity contribution in [2.75, 3.05) is 25.1 Å². The number of rotatable bonds is 9. The average Bonchev–Trinajstić information content (AvgIpc) is 2.71. The Morgan fingerprint density at radius 3 is 2.28 bits per heavy atom. The van der Waals surface area contributed by atoms with Gasteiger partial charge in [0.05, 0.1) is 24.8 Å². The Balaban J connectivity index is 2.48. The van der Waals surface area contributed by atoms with Crippen molar-refractivity contribution in [3.63, 3.8) is 0 Å². The second-order valence-electron chi connectivity index (χ2n) is 6.38. The summed E-state index contributed by atoms with van der Waals surface area (Å²) in [4.78, 5) is 12.3. The molecule has 1 amide bonds. The van der Waals surface area contributed by atoms with Gasteiger partial charge < -0.3 is 14.8 Å². The Kier molecular flexibility index (Phi) is 7.44. The zero-order valence-electron chi connectivity index (χ0n) is 16.8. The number of nitrogens with zero attached hydrogens (tertiary/aromatic N) is 1. The number of carbonyl (C=O) groups is 1. The highest BCUT2D eigenvalue weighted by Crippen LogP contribution is 2.32. The molecule has 0 saturated heterocycles. The van der Waals surface area contributed by atoms with Gasteiger partial charge in [-0.15, -0.1) is 0 Å². The van der Waals surface area contributed by atoms with E-state index in [1.807, 2.05) is 13.8 Å². The molecule has 0 aliphatic carbocycles. The van der Waals surface area contributed by atoms with Crippen LogP contribution in [-0.4, -0.2) is 41.1 Å². The second-order valence-corrected chi connectivity index (χ2v) is 8.24. The van der Waals surface area contributed by atoms with E-state index in [0.717, 1.165) is 16.4 Å². The van der Waals surface area contributed by atoms with Gasteiger partial charge in [-0.05, 0) is 49.7 Å². The van der Waals surface area contributed by atoms with Crippen LogP contribution in [0.3, 0.4) is 0 Å². The fraction of sp³-hybridized carbons (Fsp3) is 0.350. The zero-order valence-corrected chi connectivity index (χ0v) is 17.6. The Bertz CT molecular complexity index is 948. The molecule has 2 aromatic rings. The van der Waals surface area contributed by atoms with E-state index < -0.39 is 28.3 Å². The lowest BCUT2D eigenvalue weighted by Gasteiger charge is -2.25. The van der Waals surface area contributed by atoms with E-state index >= 15 is 0 Å². The number of ether oxygens (including phenoxy) is 2. The minimum atomic E-state index is -4.15. The maximum atomic E-state index is 13.4. The number of hydrogen-bond donors (Lipinski definition) is 1. The number of anilines is 1. The lowest BCUT2D eigenvalue weighted by molar-refractivity contribution is -0.120. The Morgan fingerprint density at radius 1 is 1.10 bits per heavy atom. The fourth-order valence-corrected chi connectivity index (χ4v) is 4.02. The van der Waals surface area contributed by atoms with Crippen molar-refractivity contribution < 1.29 is 27.1 Å². The van der Waals surface area contributed by atoms with Crippen molar-refractivity contribution in [3.05, 3.63) is 48.3 Å². The molecule has 29 heavy (non-hydrogen) atoms. The first-order chi connectivity index (χ1) is 13.7. The molecule has 1 atom stereocenters. The third kappa shape index (κ3) is 5.38. The van der Waals surface area contributed by atoms with Crippen LogP contribution in [0.1, 0.15) is 20.3 Å². The number of amides is 1. The summed E-state index contributed by atoms with van der Waals surface area (Å²) in [6.07, 6.45) is 0.699. The molecule has 158 valence electrons. The molecule has 0 spiro atoms. The molecule has 7 nitrogen and oxygen atoms in total. The molecule has 0 heterocycles. The van der Waals surface area contributed by atoms with E-state index in [9.17, 15) is 17.6 Å². The SMILES string of the molecule is CCC(C)NC(=O)CN(c1ccc(F)cc1)S(=O)(=O)c1ccc(OC)c(OC)c1. The first kappa shape index (κ1) is 22.5. The van der Waals surface area contributed by atoms with Gasteiger partial charge in [-0.1, -0.05) is 6.92 Å². The van der Waals surface area contributed by atoms with Crippen molar-refractivity contribution in [1.29, 1.82) is 0 Å². The Labute approximate surface area is 170 Å². The molecule has 2 rings (SSSR count). The summed E-state index contributed by atoms with van der Waals surface area (Å²) in [6.45, 7) is 3.28. The van der Waals surface area contributed by atoms with E-state index in [1.165, 1.54) is 44.6 Å². The summed E-state index contributed by atoms with van der Waals surface area (Å²) in [5.41, 5.74) is 0.167. The molecule has 0 bridgehead atoms. The normalized spacial score (nSPS) is 12.2. The third-order valence-corrected chi connectivity index (χ3v) is 6.13. The quantitative estimate of drug-likeness (QED) is 0.669. The van der Waals surface area contributed by atoms with Crippen molar-refractivity contribution in [3.8, 4) is 11.5 Å². The number of sulfonamides is 1. The van der Waals surface area contributed by atoms with Gasteiger partial charge >= 0.3 is 0 Å². The van der Waals surface area contributed by atoms with E-state index in [0.29, 0.717) is 12.2 Å². The number of benzene rings is 2. The van der Waals surface area contributed by atoms with E-state index in [1.54, 1.807) is 0 Å². The summed E-state index contributed by atoms with van der Waals surface area (Å²) >= 11 is 0. The van der Waals surface area contributed by atoms with E-state index in [2.05, 4.69) is 5.32 Å². The highest BCUT2D eigenvalue weighted by atomic mass is 32.2. The fourth-order valence-electron chi connectivity index (χ4n) is 2.58. The van der Waals surface area contributed by atoms with Crippen molar-refractivity contribution in [2.24, 2.45) is 0 Å². The van der Waals surface area contributed by atoms with Gasteiger partial charge in [-0.2, -0.15) is 0 Å². The summed E-state index contributed by atoms with van der Waals surface area (Å²) in [7, 11) is -1.31. The van der Waals surface area contributed by atoms with Crippen molar-refractivity contribution in [2.45, 2.75) is 31.2 Å². The third-order valence-electron chi connectivity index (χ3n) is 4.36. The van der Waals surface area contributed by atoms with Gasteiger partial charge in [-0.25, -0.2) is 12.8 Å². The number of halogens is 1. The number of nitrogens with one attached hydrogen (secondary N) is 1. The molecule has 0 aromatic heterocycles. The van der Waals surface area contributed by atoms with Crippen LogP contribution in [0.5, 0.6) is 11.5 Å². The van der Waals surface area contributed by atoms with Gasteiger partial charge in [0, 0.05) is 12.1 Å². The first-order valence-electron chi connectivity index (χ1n) is 9.02. The van der Waals surface area contributed by atoms with Gasteiger partial charge in [0.15, 0.2) is 11.5 Å². The van der Waals surface area contributed by atoms with Gasteiger partial charge in [0.1, 0.15) is 12.4 Å². The second kappa shape index (κ2) is 9.60. The van der Waals surface area contributed by atoms with Crippen LogP contribution in [0.4, 0.5) is 10.1 Å². The highest BCUT2D eigenvalue weighted by Gasteiger charge is 2.28. The molecule has 0 aliphatic heterocycles. The van der Waals surface area contributed by atoms with Crippen LogP contribution in [0, 0.1) is 5.82 Å². The van der Waals surface area contributed by atoms with E-state index in [-0.39, 0.29) is 22.4 Å². The number of hydrogen-bond acceptors (Lipinski definition) is 5. The summed E-state index contributed by atoms with van der Waals surface area (Å²) in [5, 5.41) is 2.74. The maximum absolute atomic E-state index is 13.4. The molecule has 9 heteroatoms. The standard InChI is InChI=1S/C20H25FN2O5S/c1-5-14(2)22-20(24)13-23(16-8-6-15(21)7-9-16)29(25,26)17-10-11-18(27-3)19(12-17)28-4/h6-12,14H,5,13H2,1-4H3,(H,22,24). The lowest BCUT2D eigenvalue weighted by Crippen LogP contribution is -2.43. The van der Waals surface area contributed by atoms with Crippen LogP contribution >= 0.6 is 0 Å². The molecule has 1 N–H and O–H groups in total. The minimum Gasteiger partial charge on any atom is -0.493 e. The summed E-state index contributed by atoms with van der Waals surface area (Å²) in [6, 6.07) is 8.93. The predicted octanol–water partition coefficient (Wildman–Crippen LogP) is 2.95. The van der Waals surface area contributed by atoms with Crippen LogP contribution in [0.25, 0.3) is 0 Å². The maximum Gasteiger partial charge on any atom is 0.264 e. The Morgan fingerprint density at radius 2 is 1.72 bits per heavy atom. The Hall–Kier alpha value is -2.81. The van der Waals surface area contributed by atoms with Crippen LogP contribution in [0.2, 0.25) is 0 Å². The van der Waals surface area contributed by atoms with Gasteiger partial charge in [-0.3, -0.25) is 9.10 Å². The summed E-state index contributed by atoms with van der Waals surface area (Å²) in [5.74, 6) is -0.375. The van der Waals surface area contributed by atoms with Crippen LogP contribution in [0.15, 0.2) is 47.4 Å². The first-order valence-corrected chi connectivity index (χ1v) is 10.5. The molecule has 0 aliphatic rings. The molecule has 0 fully saturated rings. The molecule has 1 unspecified atom stereocenters. The smallest absolute Gasteiger partial charge is 0.264 e. The largest absolute Gasteiger partial charge is 0.493 e. The highest BCUT2D eigenvalue weighted by molar-refractivity contribution is 7.92. The van der Waals surface area contributed by atoms with Gasteiger partial charge in [0.2, 0.25) is 5.91 Å². The van der Waals surface area contributed by atoms with Crippen molar-refractivity contribution >= 4 is 21.6 Å². The zero-order chi connectivity index (χ0) is 21.6.